The van der Waals surface area contributed by atoms with Crippen molar-refractivity contribution in [1.29, 1.82) is 0 Å². The van der Waals surface area contributed by atoms with Crippen molar-refractivity contribution in [2.75, 3.05) is 18.6 Å². The number of amides is 1. The molecule has 38 heavy (non-hydrogen) atoms. The highest BCUT2D eigenvalue weighted by molar-refractivity contribution is 7.22. The predicted molar refractivity (Wildman–Crippen MR) is 144 cm³/mol. The van der Waals surface area contributed by atoms with Gasteiger partial charge in [0.15, 0.2) is 5.13 Å². The van der Waals surface area contributed by atoms with Gasteiger partial charge in [-0.25, -0.2) is 9.37 Å². The summed E-state index contributed by atoms with van der Waals surface area (Å²) in [5, 5.41) is 11.7. The lowest BCUT2D eigenvalue weighted by Gasteiger charge is -2.23. The number of benzene rings is 3. The highest BCUT2D eigenvalue weighted by atomic mass is 32.1. The first-order chi connectivity index (χ1) is 18.4. The van der Waals surface area contributed by atoms with E-state index in [1.165, 1.54) is 40.5 Å². The van der Waals surface area contributed by atoms with Crippen molar-refractivity contribution in [3.63, 3.8) is 0 Å². The molecular weight excluding hydrogens is 507 g/mol. The largest absolute Gasteiger partial charge is 0.507 e. The van der Waals surface area contributed by atoms with Gasteiger partial charge in [-0.1, -0.05) is 48.9 Å². The van der Waals surface area contributed by atoms with E-state index in [1.54, 1.807) is 49.6 Å². The van der Waals surface area contributed by atoms with Crippen LogP contribution in [0.4, 0.5) is 9.52 Å². The molecule has 1 fully saturated rings. The molecule has 194 valence electrons. The molecular formula is C29H25FN2O5S. The molecule has 1 amide bonds. The summed E-state index contributed by atoms with van der Waals surface area (Å²) < 4.78 is 25.6. The first-order valence-electron chi connectivity index (χ1n) is 12.2. The third kappa shape index (κ3) is 4.72. The van der Waals surface area contributed by atoms with Crippen LogP contribution >= 0.6 is 11.3 Å². The molecule has 1 N–H and O–H groups in total. The first kappa shape index (κ1) is 25.4. The Morgan fingerprint density at radius 3 is 2.61 bits per heavy atom. The van der Waals surface area contributed by atoms with E-state index in [4.69, 9.17) is 9.47 Å². The normalized spacial score (nSPS) is 16.8. The van der Waals surface area contributed by atoms with E-state index >= 15 is 0 Å². The average Bonchev–Trinajstić information content (AvgIpc) is 3.46. The zero-order valence-electron chi connectivity index (χ0n) is 20.8. The molecule has 0 bridgehead atoms. The number of halogens is 1. The Labute approximate surface area is 222 Å². The van der Waals surface area contributed by atoms with Crippen LogP contribution in [0, 0.1) is 5.82 Å². The number of nitrogens with zero attached hydrogens (tertiary/aromatic N) is 2. The SMILES string of the molecule is CCCCOc1cccc(C(O)=C2C(=O)C(=O)N(c3nc4ccc(OC)cc4s3)C2c2ccc(F)cc2)c1. The maximum atomic E-state index is 13.8. The van der Waals surface area contributed by atoms with Crippen LogP contribution in [0.25, 0.3) is 16.0 Å². The number of aliphatic hydroxyl groups excluding tert-OH is 1. The number of hydrogen-bond donors (Lipinski definition) is 1. The number of rotatable bonds is 8. The van der Waals surface area contributed by atoms with E-state index in [2.05, 4.69) is 11.9 Å². The van der Waals surface area contributed by atoms with E-state index < -0.39 is 23.5 Å². The lowest BCUT2D eigenvalue weighted by Crippen LogP contribution is -2.29. The lowest BCUT2D eigenvalue weighted by atomic mass is 9.95. The van der Waals surface area contributed by atoms with Gasteiger partial charge in [0.1, 0.15) is 23.1 Å². The van der Waals surface area contributed by atoms with Crippen molar-refractivity contribution < 1.29 is 28.6 Å². The smallest absolute Gasteiger partial charge is 0.301 e. The maximum Gasteiger partial charge on any atom is 0.301 e. The molecule has 1 saturated heterocycles. The molecule has 5 rings (SSSR count). The van der Waals surface area contributed by atoms with Gasteiger partial charge in [0, 0.05) is 5.56 Å². The molecule has 9 heteroatoms. The monoisotopic (exact) mass is 532 g/mol. The van der Waals surface area contributed by atoms with Crippen LogP contribution in [-0.4, -0.2) is 35.5 Å². The fraction of sp³-hybridized carbons (Fsp3) is 0.207. The second kappa shape index (κ2) is 10.6. The van der Waals surface area contributed by atoms with Crippen LogP contribution in [-0.2, 0) is 9.59 Å². The van der Waals surface area contributed by atoms with Gasteiger partial charge in [0.05, 0.1) is 35.5 Å². The molecule has 0 radical (unpaired) electrons. The van der Waals surface area contributed by atoms with Gasteiger partial charge in [-0.3, -0.25) is 14.5 Å². The second-order valence-electron chi connectivity index (χ2n) is 8.78. The quantitative estimate of drug-likeness (QED) is 0.125. The number of hydrogen-bond acceptors (Lipinski definition) is 7. The van der Waals surface area contributed by atoms with Crippen LogP contribution in [0.1, 0.15) is 36.9 Å². The molecule has 1 atom stereocenters. The Morgan fingerprint density at radius 1 is 1.08 bits per heavy atom. The van der Waals surface area contributed by atoms with Crippen molar-refractivity contribution in [2.24, 2.45) is 0 Å². The Bertz CT molecular complexity index is 1550. The molecule has 2 heterocycles. The number of methoxy groups -OCH3 is 1. The highest BCUT2D eigenvalue weighted by Gasteiger charge is 2.48. The number of anilines is 1. The summed E-state index contributed by atoms with van der Waals surface area (Å²) in [6.07, 6.45) is 1.85. The molecule has 3 aromatic carbocycles. The minimum atomic E-state index is -1.01. The van der Waals surface area contributed by atoms with Crippen molar-refractivity contribution in [2.45, 2.75) is 25.8 Å². The van der Waals surface area contributed by atoms with Crippen LogP contribution in [0.3, 0.4) is 0 Å². The summed E-state index contributed by atoms with van der Waals surface area (Å²) in [5.41, 5.74) is 1.31. The number of Topliss-reactive ketones (excluding diaryl/α,β-unsaturated/α-hetero) is 1. The van der Waals surface area contributed by atoms with Gasteiger partial charge in [0.25, 0.3) is 5.78 Å². The minimum absolute atomic E-state index is 0.107. The highest BCUT2D eigenvalue weighted by Crippen LogP contribution is 2.44. The molecule has 4 aromatic rings. The van der Waals surface area contributed by atoms with Gasteiger partial charge < -0.3 is 14.6 Å². The Kier molecular flexibility index (Phi) is 7.11. The summed E-state index contributed by atoms with van der Waals surface area (Å²) >= 11 is 1.22. The second-order valence-corrected chi connectivity index (χ2v) is 9.79. The minimum Gasteiger partial charge on any atom is -0.507 e. The maximum absolute atomic E-state index is 13.8. The Balaban J connectivity index is 1.64. The van der Waals surface area contributed by atoms with Crippen LogP contribution in [0.15, 0.2) is 72.3 Å². The fourth-order valence-corrected chi connectivity index (χ4v) is 5.36. The van der Waals surface area contributed by atoms with Gasteiger partial charge in [0.2, 0.25) is 0 Å². The zero-order valence-corrected chi connectivity index (χ0v) is 21.6. The van der Waals surface area contributed by atoms with Crippen molar-refractivity contribution in [3.8, 4) is 11.5 Å². The van der Waals surface area contributed by atoms with E-state index in [0.29, 0.717) is 34.7 Å². The number of thiazole rings is 1. The molecule has 0 aliphatic carbocycles. The Hall–Kier alpha value is -4.24. The van der Waals surface area contributed by atoms with Crippen molar-refractivity contribution >= 4 is 44.1 Å². The summed E-state index contributed by atoms with van der Waals surface area (Å²) in [6, 6.07) is 16.5. The van der Waals surface area contributed by atoms with Gasteiger partial charge >= 0.3 is 5.91 Å². The van der Waals surface area contributed by atoms with Crippen molar-refractivity contribution in [1.82, 2.24) is 4.98 Å². The Morgan fingerprint density at radius 2 is 1.87 bits per heavy atom. The number of ether oxygens (including phenoxy) is 2. The first-order valence-corrected chi connectivity index (χ1v) is 13.0. The number of ketones is 1. The van der Waals surface area contributed by atoms with Gasteiger partial charge in [-0.2, -0.15) is 0 Å². The number of unbranched alkanes of at least 4 members (excludes halogenated alkanes) is 1. The van der Waals surface area contributed by atoms with E-state index in [0.717, 1.165) is 17.5 Å². The third-order valence-corrected chi connectivity index (χ3v) is 7.31. The summed E-state index contributed by atoms with van der Waals surface area (Å²) in [5.74, 6) is -1.33. The van der Waals surface area contributed by atoms with E-state index in [1.807, 2.05) is 0 Å². The van der Waals surface area contributed by atoms with E-state index in [-0.39, 0.29) is 16.5 Å². The fourth-order valence-electron chi connectivity index (χ4n) is 4.34. The third-order valence-electron chi connectivity index (χ3n) is 6.29. The van der Waals surface area contributed by atoms with Crippen molar-refractivity contribution in [3.05, 3.63) is 89.2 Å². The average molecular weight is 533 g/mol. The predicted octanol–water partition coefficient (Wildman–Crippen LogP) is 6.25. The number of aromatic nitrogens is 1. The summed E-state index contributed by atoms with van der Waals surface area (Å²) in [7, 11) is 1.56. The molecule has 7 nitrogen and oxygen atoms in total. The van der Waals surface area contributed by atoms with Crippen LogP contribution in [0.5, 0.6) is 11.5 Å². The van der Waals surface area contributed by atoms with Gasteiger partial charge in [-0.05, 0) is 54.4 Å². The summed E-state index contributed by atoms with van der Waals surface area (Å²) in [6.45, 7) is 2.57. The molecule has 1 aliphatic heterocycles. The molecule has 0 spiro atoms. The number of aliphatic hydroxyl groups is 1. The van der Waals surface area contributed by atoms with Gasteiger partial charge in [-0.15, -0.1) is 0 Å². The molecule has 1 unspecified atom stereocenters. The zero-order chi connectivity index (χ0) is 26.8. The standard InChI is InChI=1S/C29H25FN2O5S/c1-3-4-14-37-21-7-5-6-18(15-21)26(33)24-25(17-8-10-19(30)11-9-17)32(28(35)27(24)34)29-31-22-13-12-20(36-2)16-23(22)38-29/h5-13,15-16,25,33H,3-4,14H2,1-2H3. The molecule has 1 aliphatic rings. The van der Waals surface area contributed by atoms with E-state index in [9.17, 15) is 19.1 Å². The van der Waals surface area contributed by atoms with Crippen LogP contribution in [0.2, 0.25) is 0 Å². The number of carbonyl (C=O) groups excluding carboxylic acids is 2. The molecule has 1 aromatic heterocycles. The number of carbonyl (C=O) groups is 2. The van der Waals surface area contributed by atoms with Crippen LogP contribution < -0.4 is 14.4 Å². The lowest BCUT2D eigenvalue weighted by molar-refractivity contribution is -0.132. The molecule has 0 saturated carbocycles. The number of fused-ring (bicyclic) bond motifs is 1. The topological polar surface area (TPSA) is 89.0 Å². The summed E-state index contributed by atoms with van der Waals surface area (Å²) in [4.78, 5) is 32.7.